The predicted molar refractivity (Wildman–Crippen MR) is 94.3 cm³/mol. The number of carbonyl (C=O) groups excluding carboxylic acids is 2. The number of benzene rings is 2. The number of halogens is 4. The summed E-state index contributed by atoms with van der Waals surface area (Å²) in [5.74, 6) is -0.388. The van der Waals surface area contributed by atoms with E-state index in [4.69, 9.17) is 16.3 Å². The summed E-state index contributed by atoms with van der Waals surface area (Å²) >= 11 is 5.54. The van der Waals surface area contributed by atoms with Crippen LogP contribution in [0.4, 0.5) is 29.3 Å². The Morgan fingerprint density at radius 2 is 2.00 bits per heavy atom. The number of nitrogens with zero attached hydrogens (tertiary/aromatic N) is 1. The molecule has 2 aromatic carbocycles. The quantitative estimate of drug-likeness (QED) is 0.602. The minimum atomic E-state index is -4.64. The smallest absolute Gasteiger partial charge is 0.417 e. The largest absolute Gasteiger partial charge is 0.484 e. The zero-order valence-corrected chi connectivity index (χ0v) is 14.7. The molecule has 28 heavy (non-hydrogen) atoms. The summed E-state index contributed by atoms with van der Waals surface area (Å²) in [4.78, 5) is 23.6. The van der Waals surface area contributed by atoms with Gasteiger partial charge in [0.1, 0.15) is 5.75 Å². The van der Waals surface area contributed by atoms with Crippen LogP contribution in [0.15, 0.2) is 42.5 Å². The summed E-state index contributed by atoms with van der Waals surface area (Å²) in [7, 11) is 0. The second kappa shape index (κ2) is 7.92. The first-order valence-electron chi connectivity index (χ1n) is 7.74. The van der Waals surface area contributed by atoms with Crippen molar-refractivity contribution >= 4 is 34.9 Å². The standard InChI is InChI=1S/C16H13ClF3N5O3/c17-13-5-4-9(6-12(13)16(18,19)20)21-14(26)8-28-11-3-1-2-10(7-11)25-15(27)22-23-24-25/h1-7,23-24H,8H2,(H,21,26)(H,22,27). The summed E-state index contributed by atoms with van der Waals surface area (Å²) in [6, 6.07) is 8.87. The van der Waals surface area contributed by atoms with Gasteiger partial charge in [0.05, 0.1) is 16.3 Å². The average molecular weight is 416 g/mol. The van der Waals surface area contributed by atoms with Crippen molar-refractivity contribution in [2.45, 2.75) is 6.18 Å². The third-order valence-electron chi connectivity index (χ3n) is 3.54. The molecular formula is C16H13ClF3N5O3. The number of amides is 3. The van der Waals surface area contributed by atoms with Crippen molar-refractivity contribution in [3.8, 4) is 5.75 Å². The SMILES string of the molecule is O=C(COc1cccc(N2NNNC2=O)c1)Nc1ccc(Cl)c(C(F)(F)F)c1. The lowest BCUT2D eigenvalue weighted by Gasteiger charge is -2.14. The van der Waals surface area contributed by atoms with Crippen molar-refractivity contribution in [3.05, 3.63) is 53.1 Å². The number of anilines is 2. The number of alkyl halides is 3. The van der Waals surface area contributed by atoms with Crippen LogP contribution < -0.4 is 31.6 Å². The maximum atomic E-state index is 12.9. The second-order valence-electron chi connectivity index (χ2n) is 5.53. The first-order chi connectivity index (χ1) is 13.2. The Morgan fingerprint density at radius 1 is 1.21 bits per heavy atom. The van der Waals surface area contributed by atoms with Crippen molar-refractivity contribution in [1.29, 1.82) is 0 Å². The highest BCUT2D eigenvalue weighted by atomic mass is 35.5. The van der Waals surface area contributed by atoms with Crippen LogP contribution in [0, 0.1) is 0 Å². The Balaban J connectivity index is 1.61. The molecule has 1 heterocycles. The molecule has 148 valence electrons. The van der Waals surface area contributed by atoms with E-state index in [2.05, 4.69) is 21.8 Å². The fourth-order valence-corrected chi connectivity index (χ4v) is 2.53. The zero-order valence-electron chi connectivity index (χ0n) is 13.9. The van der Waals surface area contributed by atoms with Gasteiger partial charge in [-0.15, -0.1) is 11.1 Å². The molecule has 12 heteroatoms. The molecule has 0 atom stereocenters. The second-order valence-corrected chi connectivity index (χ2v) is 5.94. The van der Waals surface area contributed by atoms with Crippen LogP contribution in [-0.2, 0) is 11.0 Å². The lowest BCUT2D eigenvalue weighted by molar-refractivity contribution is -0.137. The van der Waals surface area contributed by atoms with E-state index in [0.717, 1.165) is 12.1 Å². The number of hydrogen-bond acceptors (Lipinski definition) is 5. The fraction of sp³-hybridized carbons (Fsp3) is 0.125. The summed E-state index contributed by atoms with van der Waals surface area (Å²) in [6.45, 7) is -0.453. The van der Waals surface area contributed by atoms with Gasteiger partial charge >= 0.3 is 12.2 Å². The van der Waals surface area contributed by atoms with Crippen molar-refractivity contribution in [2.75, 3.05) is 16.9 Å². The Labute approximate surface area is 161 Å². The van der Waals surface area contributed by atoms with Gasteiger partial charge in [-0.25, -0.2) is 9.80 Å². The van der Waals surface area contributed by atoms with E-state index >= 15 is 0 Å². The third-order valence-corrected chi connectivity index (χ3v) is 3.87. The predicted octanol–water partition coefficient (Wildman–Crippen LogP) is 2.83. The van der Waals surface area contributed by atoms with E-state index in [0.29, 0.717) is 5.69 Å². The summed E-state index contributed by atoms with van der Waals surface area (Å²) in [6.07, 6.45) is -4.64. The minimum Gasteiger partial charge on any atom is -0.484 e. The van der Waals surface area contributed by atoms with Gasteiger partial charge in [0.15, 0.2) is 6.61 Å². The van der Waals surface area contributed by atoms with Crippen LogP contribution in [0.5, 0.6) is 5.75 Å². The van der Waals surface area contributed by atoms with E-state index in [9.17, 15) is 22.8 Å². The Kier molecular flexibility index (Phi) is 5.58. The molecule has 3 rings (SSSR count). The highest BCUT2D eigenvalue weighted by molar-refractivity contribution is 6.31. The summed E-state index contributed by atoms with van der Waals surface area (Å²) < 4.78 is 43.9. The minimum absolute atomic E-state index is 0.0666. The monoisotopic (exact) mass is 415 g/mol. The molecule has 0 bridgehead atoms. The van der Waals surface area contributed by atoms with Crippen LogP contribution in [0.3, 0.4) is 0 Å². The highest BCUT2D eigenvalue weighted by Gasteiger charge is 2.33. The van der Waals surface area contributed by atoms with Gasteiger partial charge in [-0.1, -0.05) is 17.7 Å². The number of urea groups is 1. The Morgan fingerprint density at radius 3 is 2.68 bits per heavy atom. The molecule has 0 radical (unpaired) electrons. The summed E-state index contributed by atoms with van der Waals surface area (Å²) in [5.41, 5.74) is 6.61. The van der Waals surface area contributed by atoms with Crippen molar-refractivity contribution in [2.24, 2.45) is 0 Å². The van der Waals surface area contributed by atoms with Crippen LogP contribution >= 0.6 is 11.6 Å². The average Bonchev–Trinajstić information content (AvgIpc) is 3.07. The molecule has 0 aromatic heterocycles. The lowest BCUT2D eigenvalue weighted by atomic mass is 10.2. The molecule has 1 saturated heterocycles. The van der Waals surface area contributed by atoms with Crippen LogP contribution in [-0.4, -0.2) is 18.5 Å². The number of hydrazine groups is 3. The van der Waals surface area contributed by atoms with E-state index in [1.165, 1.54) is 17.1 Å². The molecule has 0 aliphatic carbocycles. The number of ether oxygens (including phenoxy) is 1. The van der Waals surface area contributed by atoms with Gasteiger partial charge in [0, 0.05) is 11.8 Å². The third kappa shape index (κ3) is 4.63. The maximum absolute atomic E-state index is 12.9. The van der Waals surface area contributed by atoms with Crippen molar-refractivity contribution in [1.82, 2.24) is 16.5 Å². The molecule has 0 saturated carbocycles. The van der Waals surface area contributed by atoms with Gasteiger partial charge in [0.25, 0.3) is 5.91 Å². The van der Waals surface area contributed by atoms with Gasteiger partial charge in [-0.05, 0) is 30.3 Å². The van der Waals surface area contributed by atoms with Gasteiger partial charge < -0.3 is 10.1 Å². The molecule has 1 fully saturated rings. The van der Waals surface area contributed by atoms with E-state index in [1.807, 2.05) is 0 Å². The van der Waals surface area contributed by atoms with Crippen LogP contribution in [0.25, 0.3) is 0 Å². The lowest BCUT2D eigenvalue weighted by Crippen LogP contribution is -2.37. The maximum Gasteiger partial charge on any atom is 0.417 e. The topological polar surface area (TPSA) is 94.7 Å². The van der Waals surface area contributed by atoms with Crippen molar-refractivity contribution in [3.63, 3.8) is 0 Å². The number of hydrogen-bond donors (Lipinski definition) is 4. The van der Waals surface area contributed by atoms with E-state index in [1.54, 1.807) is 18.2 Å². The molecule has 4 N–H and O–H groups in total. The van der Waals surface area contributed by atoms with E-state index in [-0.39, 0.29) is 11.4 Å². The normalized spacial score (nSPS) is 14.0. The Hall–Kier alpha value is -3.02. The van der Waals surface area contributed by atoms with Gasteiger partial charge in [0.2, 0.25) is 0 Å². The first kappa shape index (κ1) is 19.7. The number of nitrogens with one attached hydrogen (secondary N) is 4. The van der Waals surface area contributed by atoms with E-state index < -0.39 is 35.3 Å². The summed E-state index contributed by atoms with van der Waals surface area (Å²) in [5, 5.41) is 3.01. The van der Waals surface area contributed by atoms with Gasteiger partial charge in [-0.2, -0.15) is 13.2 Å². The fourth-order valence-electron chi connectivity index (χ4n) is 2.30. The van der Waals surface area contributed by atoms with Crippen LogP contribution in [0.2, 0.25) is 5.02 Å². The highest BCUT2D eigenvalue weighted by Crippen LogP contribution is 2.36. The number of carbonyl (C=O) groups is 2. The zero-order chi connectivity index (χ0) is 20.3. The molecule has 1 aliphatic heterocycles. The Bertz CT molecular complexity index is 909. The number of rotatable bonds is 5. The molecule has 3 amide bonds. The van der Waals surface area contributed by atoms with Gasteiger partial charge in [-0.3, -0.25) is 10.2 Å². The molecule has 8 nitrogen and oxygen atoms in total. The molecule has 0 unspecified atom stereocenters. The van der Waals surface area contributed by atoms with Crippen LogP contribution in [0.1, 0.15) is 5.56 Å². The first-order valence-corrected chi connectivity index (χ1v) is 8.12. The molecule has 0 spiro atoms. The molecule has 2 aromatic rings. The molecule has 1 aliphatic rings. The molecular weight excluding hydrogens is 403 g/mol. The van der Waals surface area contributed by atoms with Crippen molar-refractivity contribution < 1.29 is 27.5 Å².